The van der Waals surface area contributed by atoms with E-state index in [1.54, 1.807) is 12.5 Å². The molecule has 0 radical (unpaired) electrons. The highest BCUT2D eigenvalue weighted by atomic mass is 16.5. The van der Waals surface area contributed by atoms with Gasteiger partial charge in [-0.3, -0.25) is 0 Å². The molecule has 0 aliphatic heterocycles. The first kappa shape index (κ1) is 13.9. The molecule has 0 aromatic carbocycles. The molecule has 0 saturated heterocycles. The Kier molecular flexibility index (Phi) is 8.84. The van der Waals surface area contributed by atoms with Crippen LogP contribution < -0.4 is 0 Å². The lowest BCUT2D eigenvalue weighted by atomic mass is 10.2. The highest BCUT2D eigenvalue weighted by Crippen LogP contribution is 2.28. The van der Waals surface area contributed by atoms with Crippen LogP contribution in [0.25, 0.3) is 0 Å². The van der Waals surface area contributed by atoms with Crippen LogP contribution in [-0.4, -0.2) is 12.6 Å². The van der Waals surface area contributed by atoms with E-state index in [4.69, 9.17) is 0 Å². The molecule has 0 bridgehead atoms. The first-order chi connectivity index (χ1) is 7.24. The fourth-order valence-corrected chi connectivity index (χ4v) is 0.988. The first-order valence-electron chi connectivity index (χ1n) is 5.71. The van der Waals surface area contributed by atoms with Gasteiger partial charge in [-0.05, 0) is 26.2 Å². The van der Waals surface area contributed by atoms with Gasteiger partial charge in [-0.15, -0.1) is 0 Å². The minimum Gasteiger partial charge on any atom is -0.463 e. The van der Waals surface area contributed by atoms with Crippen LogP contribution in [0.3, 0.4) is 0 Å². The van der Waals surface area contributed by atoms with Crippen molar-refractivity contribution in [2.45, 2.75) is 46.0 Å². The monoisotopic (exact) mass is 210 g/mol. The summed E-state index contributed by atoms with van der Waals surface area (Å²) < 4.78 is 4.43. The maximum atomic E-state index is 10.1. The van der Waals surface area contributed by atoms with Crippen LogP contribution in [0.1, 0.15) is 46.0 Å². The van der Waals surface area contributed by atoms with E-state index in [1.165, 1.54) is 32.1 Å². The van der Waals surface area contributed by atoms with Gasteiger partial charge in [0.15, 0.2) is 0 Å². The zero-order chi connectivity index (χ0) is 11.5. The number of ether oxygens (including phenoxy) is 1. The molecule has 0 unspecified atom stereocenters. The van der Waals surface area contributed by atoms with Crippen molar-refractivity contribution in [3.05, 3.63) is 24.3 Å². The van der Waals surface area contributed by atoms with Gasteiger partial charge in [-0.2, -0.15) is 0 Å². The lowest BCUT2D eigenvalue weighted by Gasteiger charge is -1.90. The summed E-state index contributed by atoms with van der Waals surface area (Å²) in [6.07, 6.45) is 10.4. The van der Waals surface area contributed by atoms with Crippen LogP contribution in [0.15, 0.2) is 24.3 Å². The zero-order valence-corrected chi connectivity index (χ0v) is 9.92. The van der Waals surface area contributed by atoms with Crippen molar-refractivity contribution in [1.29, 1.82) is 0 Å². The van der Waals surface area contributed by atoms with E-state index in [2.05, 4.69) is 24.3 Å². The molecule has 0 atom stereocenters. The van der Waals surface area contributed by atoms with Crippen molar-refractivity contribution >= 4 is 5.97 Å². The summed E-state index contributed by atoms with van der Waals surface area (Å²) in [5, 5.41) is 0. The molecule has 0 amide bonds. The topological polar surface area (TPSA) is 26.3 Å². The third-order valence-electron chi connectivity index (χ3n) is 1.98. The molecule has 1 rings (SSSR count). The Balaban J connectivity index is 0.000000265. The highest BCUT2D eigenvalue weighted by molar-refractivity contribution is 5.81. The van der Waals surface area contributed by atoms with Crippen LogP contribution in [0.2, 0.25) is 0 Å². The smallest absolute Gasteiger partial charge is 0.330 e. The Morgan fingerprint density at radius 3 is 2.47 bits per heavy atom. The molecule has 1 fully saturated rings. The third-order valence-corrected chi connectivity index (χ3v) is 1.98. The molecule has 0 heterocycles. The SMILES string of the molecule is C=CC(=O)OCC.CCCCC=C1CC1. The van der Waals surface area contributed by atoms with Crippen LogP contribution in [0.5, 0.6) is 0 Å². The Hall–Kier alpha value is -1.05. The summed E-state index contributed by atoms with van der Waals surface area (Å²) in [5.74, 6) is -0.359. The average Bonchev–Trinajstić information content (AvgIpc) is 3.03. The molecule has 2 heteroatoms. The average molecular weight is 210 g/mol. The van der Waals surface area contributed by atoms with Crippen molar-refractivity contribution in [2.75, 3.05) is 6.61 Å². The van der Waals surface area contributed by atoms with Gasteiger partial charge in [0.05, 0.1) is 6.61 Å². The number of rotatable bonds is 5. The summed E-state index contributed by atoms with van der Waals surface area (Å²) >= 11 is 0. The first-order valence-corrected chi connectivity index (χ1v) is 5.71. The molecule has 0 aromatic heterocycles. The van der Waals surface area contributed by atoms with Crippen molar-refractivity contribution in [3.63, 3.8) is 0 Å². The summed E-state index contributed by atoms with van der Waals surface area (Å²) in [5.41, 5.74) is 1.69. The molecule has 0 N–H and O–H groups in total. The second-order valence-electron chi connectivity index (χ2n) is 3.46. The lowest BCUT2D eigenvalue weighted by molar-refractivity contribution is -0.137. The largest absolute Gasteiger partial charge is 0.463 e. The third kappa shape index (κ3) is 10.9. The molecular formula is C13H22O2. The Bertz CT molecular complexity index is 211. The molecule has 0 spiro atoms. The van der Waals surface area contributed by atoms with Gasteiger partial charge >= 0.3 is 5.97 Å². The molecule has 1 saturated carbocycles. The van der Waals surface area contributed by atoms with E-state index in [9.17, 15) is 4.79 Å². The minimum atomic E-state index is -0.359. The number of unbranched alkanes of at least 4 members (excludes halogenated alkanes) is 2. The minimum absolute atomic E-state index is 0.359. The predicted molar refractivity (Wildman–Crippen MR) is 63.7 cm³/mol. The molecule has 0 aromatic rings. The molecule has 1 aliphatic carbocycles. The maximum absolute atomic E-state index is 10.1. The number of allylic oxidation sites excluding steroid dienone is 2. The van der Waals surface area contributed by atoms with Gasteiger partial charge in [0.2, 0.25) is 0 Å². The van der Waals surface area contributed by atoms with E-state index in [0.717, 1.165) is 6.08 Å². The molecule has 86 valence electrons. The number of hydrogen-bond donors (Lipinski definition) is 0. The van der Waals surface area contributed by atoms with Gasteiger partial charge in [0.1, 0.15) is 0 Å². The van der Waals surface area contributed by atoms with Crippen molar-refractivity contribution in [2.24, 2.45) is 0 Å². The second kappa shape index (κ2) is 9.50. The predicted octanol–water partition coefficient (Wildman–Crippen LogP) is 3.63. The summed E-state index contributed by atoms with van der Waals surface area (Å²) in [4.78, 5) is 10.1. The maximum Gasteiger partial charge on any atom is 0.330 e. The van der Waals surface area contributed by atoms with Gasteiger partial charge in [0, 0.05) is 6.08 Å². The number of carbonyl (C=O) groups excluding carboxylic acids is 1. The van der Waals surface area contributed by atoms with E-state index in [0.29, 0.717) is 6.61 Å². The summed E-state index contributed by atoms with van der Waals surface area (Å²) in [6, 6.07) is 0. The highest BCUT2D eigenvalue weighted by Gasteiger charge is 2.08. The Morgan fingerprint density at radius 2 is 2.13 bits per heavy atom. The number of carbonyl (C=O) groups is 1. The summed E-state index contributed by atoms with van der Waals surface area (Å²) in [6.45, 7) is 7.62. The zero-order valence-electron chi connectivity index (χ0n) is 9.92. The van der Waals surface area contributed by atoms with Crippen LogP contribution in [-0.2, 0) is 9.53 Å². The Morgan fingerprint density at radius 1 is 1.47 bits per heavy atom. The van der Waals surface area contributed by atoms with Crippen LogP contribution in [0.4, 0.5) is 0 Å². The van der Waals surface area contributed by atoms with Gasteiger partial charge in [-0.1, -0.05) is 38.0 Å². The number of esters is 1. The fraction of sp³-hybridized carbons (Fsp3) is 0.615. The van der Waals surface area contributed by atoms with Crippen molar-refractivity contribution < 1.29 is 9.53 Å². The lowest BCUT2D eigenvalue weighted by Crippen LogP contribution is -1.97. The Labute approximate surface area is 93.0 Å². The molecule has 2 nitrogen and oxygen atoms in total. The second-order valence-corrected chi connectivity index (χ2v) is 3.46. The van der Waals surface area contributed by atoms with Crippen molar-refractivity contribution in [3.8, 4) is 0 Å². The summed E-state index contributed by atoms with van der Waals surface area (Å²) in [7, 11) is 0. The fourth-order valence-electron chi connectivity index (χ4n) is 0.988. The standard InChI is InChI=1S/C8H14.C5H8O2/c1-2-3-4-5-8-6-7-8;1-3-5(6)7-4-2/h5H,2-4,6-7H2,1H3;3H,1,4H2,2H3. The molecule has 15 heavy (non-hydrogen) atoms. The van der Waals surface area contributed by atoms with Crippen LogP contribution in [0, 0.1) is 0 Å². The van der Waals surface area contributed by atoms with Crippen LogP contribution >= 0.6 is 0 Å². The number of hydrogen-bond acceptors (Lipinski definition) is 2. The van der Waals surface area contributed by atoms with Gasteiger partial charge < -0.3 is 4.74 Å². The normalized spacial score (nSPS) is 12.3. The molecule has 1 aliphatic rings. The quantitative estimate of drug-likeness (QED) is 0.300. The molecular weight excluding hydrogens is 188 g/mol. The van der Waals surface area contributed by atoms with E-state index < -0.39 is 0 Å². The van der Waals surface area contributed by atoms with E-state index in [1.807, 2.05) is 0 Å². The van der Waals surface area contributed by atoms with E-state index in [-0.39, 0.29) is 5.97 Å². The van der Waals surface area contributed by atoms with Gasteiger partial charge in [0.25, 0.3) is 0 Å². The van der Waals surface area contributed by atoms with Gasteiger partial charge in [-0.25, -0.2) is 4.79 Å². The van der Waals surface area contributed by atoms with Crippen molar-refractivity contribution in [1.82, 2.24) is 0 Å². The van der Waals surface area contributed by atoms with E-state index >= 15 is 0 Å².